The van der Waals surface area contributed by atoms with Gasteiger partial charge in [-0.3, -0.25) is 9.78 Å². The van der Waals surface area contributed by atoms with Gasteiger partial charge < -0.3 is 19.5 Å². The van der Waals surface area contributed by atoms with Crippen LogP contribution in [-0.2, 0) is 0 Å². The molecule has 0 bridgehead atoms. The number of anilines is 2. The summed E-state index contributed by atoms with van der Waals surface area (Å²) in [6.45, 7) is 2.06. The van der Waals surface area contributed by atoms with Gasteiger partial charge in [-0.1, -0.05) is 12.1 Å². The van der Waals surface area contributed by atoms with Crippen LogP contribution >= 0.6 is 0 Å². The van der Waals surface area contributed by atoms with E-state index in [1.165, 1.54) is 19.3 Å². The molecule has 1 saturated heterocycles. The number of benzene rings is 2. The standard InChI is InChI=1S/C25H25N5O3/c1-29(24(31)17-7-5-9-19(15-17)30-13-3-2-4-14-30)18-8-6-10-20(16-18)33-21-11-12-26-23-22(21)27-25(32)28-23/h5-12,15-16H,2-4,13-14H2,1H3,(H2,26,27,28,32). The first-order valence-corrected chi connectivity index (χ1v) is 11.1. The highest BCUT2D eigenvalue weighted by Gasteiger charge is 2.17. The molecule has 3 heterocycles. The van der Waals surface area contributed by atoms with E-state index in [0.717, 1.165) is 18.8 Å². The molecule has 2 aromatic heterocycles. The van der Waals surface area contributed by atoms with E-state index >= 15 is 0 Å². The van der Waals surface area contributed by atoms with Gasteiger partial charge >= 0.3 is 5.69 Å². The molecule has 2 aromatic carbocycles. The van der Waals surface area contributed by atoms with Crippen LogP contribution in [-0.4, -0.2) is 41.0 Å². The molecule has 4 aromatic rings. The van der Waals surface area contributed by atoms with Crippen LogP contribution < -0.4 is 20.2 Å². The molecular formula is C25H25N5O3. The van der Waals surface area contributed by atoms with E-state index < -0.39 is 0 Å². The highest BCUT2D eigenvalue weighted by atomic mass is 16.5. The average Bonchev–Trinajstić information content (AvgIpc) is 3.25. The summed E-state index contributed by atoms with van der Waals surface area (Å²) in [5.41, 5.74) is 3.01. The van der Waals surface area contributed by atoms with Crippen LogP contribution in [0.5, 0.6) is 11.5 Å². The monoisotopic (exact) mass is 443 g/mol. The largest absolute Gasteiger partial charge is 0.455 e. The number of amides is 1. The minimum atomic E-state index is -0.348. The third kappa shape index (κ3) is 4.32. The summed E-state index contributed by atoms with van der Waals surface area (Å²) in [6.07, 6.45) is 5.20. The molecule has 8 nitrogen and oxygen atoms in total. The maximum absolute atomic E-state index is 13.2. The molecule has 1 fully saturated rings. The van der Waals surface area contributed by atoms with Crippen molar-refractivity contribution in [2.45, 2.75) is 19.3 Å². The molecule has 1 aliphatic rings. The number of imidazole rings is 1. The fourth-order valence-electron chi connectivity index (χ4n) is 4.18. The molecule has 8 heteroatoms. The number of pyridine rings is 1. The minimum Gasteiger partial charge on any atom is -0.455 e. The first-order chi connectivity index (χ1) is 16.1. The first-order valence-electron chi connectivity index (χ1n) is 11.1. The Kier molecular flexibility index (Phi) is 5.56. The van der Waals surface area contributed by atoms with E-state index in [-0.39, 0.29) is 11.6 Å². The Labute approximate surface area is 190 Å². The SMILES string of the molecule is CN(C(=O)c1cccc(N2CCCCC2)c1)c1cccc(Oc2ccnc3[nH]c(=O)[nH]c23)c1. The van der Waals surface area contributed by atoms with Crippen molar-refractivity contribution in [1.29, 1.82) is 0 Å². The Bertz CT molecular complexity index is 1350. The predicted octanol–water partition coefficient (Wildman–Crippen LogP) is 4.31. The van der Waals surface area contributed by atoms with Gasteiger partial charge in [0.2, 0.25) is 0 Å². The molecule has 5 rings (SSSR count). The van der Waals surface area contributed by atoms with Gasteiger partial charge in [-0.15, -0.1) is 0 Å². The van der Waals surface area contributed by atoms with Gasteiger partial charge in [0.1, 0.15) is 11.3 Å². The quantitative estimate of drug-likeness (QED) is 0.479. The number of aromatic amines is 2. The Morgan fingerprint density at radius 1 is 1.03 bits per heavy atom. The van der Waals surface area contributed by atoms with Crippen LogP contribution in [0.1, 0.15) is 29.6 Å². The Morgan fingerprint density at radius 2 is 1.85 bits per heavy atom. The lowest BCUT2D eigenvalue weighted by molar-refractivity contribution is 0.0993. The molecular weight excluding hydrogens is 418 g/mol. The van der Waals surface area contributed by atoms with Crippen LogP contribution in [0.15, 0.2) is 65.6 Å². The van der Waals surface area contributed by atoms with Gasteiger partial charge in [0, 0.05) is 55.4 Å². The highest BCUT2D eigenvalue weighted by molar-refractivity contribution is 6.06. The fraction of sp³-hybridized carbons (Fsp3) is 0.240. The predicted molar refractivity (Wildman–Crippen MR) is 128 cm³/mol. The van der Waals surface area contributed by atoms with Crippen LogP contribution in [0, 0.1) is 0 Å². The van der Waals surface area contributed by atoms with Crippen molar-refractivity contribution >= 4 is 28.4 Å². The average molecular weight is 444 g/mol. The second-order valence-corrected chi connectivity index (χ2v) is 8.17. The second-order valence-electron chi connectivity index (χ2n) is 8.17. The van der Waals surface area contributed by atoms with Crippen LogP contribution in [0.25, 0.3) is 11.2 Å². The number of hydrogen-bond acceptors (Lipinski definition) is 5. The van der Waals surface area contributed by atoms with Crippen molar-refractivity contribution in [3.8, 4) is 11.5 Å². The Morgan fingerprint density at radius 3 is 2.70 bits per heavy atom. The molecule has 0 radical (unpaired) electrons. The van der Waals surface area contributed by atoms with E-state index in [1.807, 2.05) is 30.3 Å². The molecule has 1 amide bonds. The molecule has 0 aliphatic carbocycles. The molecule has 33 heavy (non-hydrogen) atoms. The number of ether oxygens (including phenoxy) is 1. The zero-order valence-electron chi connectivity index (χ0n) is 18.4. The third-order valence-corrected chi connectivity index (χ3v) is 5.93. The summed E-state index contributed by atoms with van der Waals surface area (Å²) in [6, 6.07) is 16.8. The van der Waals surface area contributed by atoms with Crippen LogP contribution in [0.4, 0.5) is 11.4 Å². The maximum Gasteiger partial charge on any atom is 0.325 e. The van der Waals surface area contributed by atoms with Gasteiger partial charge in [0.25, 0.3) is 5.91 Å². The molecule has 1 aliphatic heterocycles. The molecule has 0 saturated carbocycles. The van der Waals surface area contributed by atoms with E-state index in [9.17, 15) is 9.59 Å². The summed E-state index contributed by atoms with van der Waals surface area (Å²) in [5.74, 6) is 0.926. The molecule has 168 valence electrons. The molecule has 0 spiro atoms. The lowest BCUT2D eigenvalue weighted by atomic mass is 10.1. The van der Waals surface area contributed by atoms with Crippen molar-refractivity contribution in [3.63, 3.8) is 0 Å². The number of nitrogens with one attached hydrogen (secondary N) is 2. The van der Waals surface area contributed by atoms with Crippen LogP contribution in [0.3, 0.4) is 0 Å². The van der Waals surface area contributed by atoms with Gasteiger partial charge in [-0.05, 0) is 49.6 Å². The summed E-state index contributed by atoms with van der Waals surface area (Å²) >= 11 is 0. The topological polar surface area (TPSA) is 94.3 Å². The lowest BCUT2D eigenvalue weighted by Gasteiger charge is -2.29. The summed E-state index contributed by atoms with van der Waals surface area (Å²) in [7, 11) is 1.75. The first kappa shape index (κ1) is 20.8. The van der Waals surface area contributed by atoms with Crippen molar-refractivity contribution < 1.29 is 9.53 Å². The van der Waals surface area contributed by atoms with Crippen molar-refractivity contribution in [3.05, 3.63) is 76.8 Å². The van der Waals surface area contributed by atoms with Gasteiger partial charge in [-0.25, -0.2) is 9.78 Å². The zero-order chi connectivity index (χ0) is 22.8. The Balaban J connectivity index is 1.37. The maximum atomic E-state index is 13.2. The summed E-state index contributed by atoms with van der Waals surface area (Å²) < 4.78 is 6.00. The molecule has 0 atom stereocenters. The normalized spacial score (nSPS) is 13.8. The number of carbonyl (C=O) groups is 1. The van der Waals surface area contributed by atoms with Gasteiger partial charge in [0.05, 0.1) is 0 Å². The van der Waals surface area contributed by atoms with E-state index in [2.05, 4.69) is 25.9 Å². The molecule has 0 unspecified atom stereocenters. The summed E-state index contributed by atoms with van der Waals surface area (Å²) in [5, 5.41) is 0. The lowest BCUT2D eigenvalue weighted by Crippen LogP contribution is -2.30. The minimum absolute atomic E-state index is 0.0905. The van der Waals surface area contributed by atoms with Crippen molar-refractivity contribution in [2.24, 2.45) is 0 Å². The Hall–Kier alpha value is -4.07. The van der Waals surface area contributed by atoms with Crippen LogP contribution in [0.2, 0.25) is 0 Å². The summed E-state index contributed by atoms with van der Waals surface area (Å²) in [4.78, 5) is 38.2. The third-order valence-electron chi connectivity index (χ3n) is 5.93. The van der Waals surface area contributed by atoms with E-state index in [4.69, 9.17) is 4.74 Å². The number of fused-ring (bicyclic) bond motifs is 1. The van der Waals surface area contributed by atoms with E-state index in [0.29, 0.717) is 33.9 Å². The number of piperidine rings is 1. The van der Waals surface area contributed by atoms with Crippen molar-refractivity contribution in [1.82, 2.24) is 15.0 Å². The number of rotatable bonds is 5. The second kappa shape index (κ2) is 8.82. The van der Waals surface area contributed by atoms with E-state index in [1.54, 1.807) is 36.3 Å². The zero-order valence-corrected chi connectivity index (χ0v) is 18.4. The smallest absolute Gasteiger partial charge is 0.325 e. The van der Waals surface area contributed by atoms with Gasteiger partial charge in [0.15, 0.2) is 11.4 Å². The van der Waals surface area contributed by atoms with Gasteiger partial charge in [-0.2, -0.15) is 0 Å². The number of aromatic nitrogens is 3. The fourth-order valence-corrected chi connectivity index (χ4v) is 4.18. The number of carbonyl (C=O) groups excluding carboxylic acids is 1. The number of hydrogen-bond donors (Lipinski definition) is 2. The molecule has 2 N–H and O–H groups in total. The highest BCUT2D eigenvalue weighted by Crippen LogP contribution is 2.29. The number of H-pyrrole nitrogens is 2. The van der Waals surface area contributed by atoms with Crippen molar-refractivity contribution in [2.75, 3.05) is 29.9 Å². The number of nitrogens with zero attached hydrogens (tertiary/aromatic N) is 3.